The minimum absolute atomic E-state index is 0.234. The molecule has 118 valence electrons. The van der Waals surface area contributed by atoms with Crippen LogP contribution in [-0.4, -0.2) is 27.2 Å². The van der Waals surface area contributed by atoms with E-state index in [9.17, 15) is 4.79 Å². The van der Waals surface area contributed by atoms with Crippen LogP contribution in [0.25, 0.3) is 11.3 Å². The molecule has 3 rings (SSSR count). The Labute approximate surface area is 141 Å². The lowest BCUT2D eigenvalue weighted by molar-refractivity contribution is 0.0944. The molecule has 0 radical (unpaired) electrons. The van der Waals surface area contributed by atoms with Gasteiger partial charge in [-0.15, -0.1) is 0 Å². The third-order valence-corrected chi connectivity index (χ3v) is 3.84. The number of imidazole rings is 1. The quantitative estimate of drug-likeness (QED) is 0.672. The normalized spacial score (nSPS) is 10.7. The van der Waals surface area contributed by atoms with Crippen molar-refractivity contribution < 1.29 is 9.32 Å². The van der Waals surface area contributed by atoms with Crippen LogP contribution in [0, 0.1) is 0 Å². The molecule has 23 heavy (non-hydrogen) atoms. The minimum atomic E-state index is -0.234. The first kappa shape index (κ1) is 15.5. The van der Waals surface area contributed by atoms with Crippen molar-refractivity contribution in [2.45, 2.75) is 13.0 Å². The second kappa shape index (κ2) is 7.23. The number of hydrogen-bond acceptors (Lipinski definition) is 4. The molecule has 1 aromatic carbocycles. The average Bonchev–Trinajstić information content (AvgIpc) is 3.24. The Morgan fingerprint density at radius 2 is 2.13 bits per heavy atom. The lowest BCUT2D eigenvalue weighted by Crippen LogP contribution is -2.25. The molecule has 1 amide bonds. The van der Waals surface area contributed by atoms with Crippen LogP contribution in [-0.2, 0) is 6.54 Å². The summed E-state index contributed by atoms with van der Waals surface area (Å²) in [6.07, 6.45) is 6.20. The smallest absolute Gasteiger partial charge is 0.273 e. The van der Waals surface area contributed by atoms with Gasteiger partial charge >= 0.3 is 0 Å². The van der Waals surface area contributed by atoms with Crippen LogP contribution in [0.1, 0.15) is 16.9 Å². The summed E-state index contributed by atoms with van der Waals surface area (Å²) in [5.74, 6) is 0.337. The van der Waals surface area contributed by atoms with Crippen LogP contribution in [0.5, 0.6) is 0 Å². The summed E-state index contributed by atoms with van der Waals surface area (Å²) in [4.78, 5) is 16.0. The van der Waals surface area contributed by atoms with Crippen molar-refractivity contribution in [3.8, 4) is 11.3 Å². The van der Waals surface area contributed by atoms with Crippen LogP contribution < -0.4 is 5.32 Å². The van der Waals surface area contributed by atoms with Crippen molar-refractivity contribution in [1.82, 2.24) is 20.0 Å². The van der Waals surface area contributed by atoms with Crippen molar-refractivity contribution in [2.75, 3.05) is 6.54 Å². The molecule has 0 spiro atoms. The Bertz CT molecular complexity index is 766. The monoisotopic (exact) mass is 374 g/mol. The van der Waals surface area contributed by atoms with E-state index in [1.165, 1.54) is 0 Å². The standard InChI is InChI=1S/C16H15BrN4O2/c17-13-4-2-12(3-5-13)15-10-14(20-23-15)16(22)19-6-1-8-21-9-7-18-11-21/h2-5,7,9-11H,1,6,8H2,(H,19,22). The fraction of sp³-hybridized carbons (Fsp3) is 0.188. The van der Waals surface area contributed by atoms with Crippen molar-refractivity contribution >= 4 is 21.8 Å². The summed E-state index contributed by atoms with van der Waals surface area (Å²) in [5, 5.41) is 6.66. The van der Waals surface area contributed by atoms with Gasteiger partial charge in [-0.1, -0.05) is 33.2 Å². The molecule has 1 N–H and O–H groups in total. The molecule has 0 saturated carbocycles. The van der Waals surface area contributed by atoms with Gasteiger partial charge in [-0.2, -0.15) is 0 Å². The van der Waals surface area contributed by atoms with E-state index in [4.69, 9.17) is 4.52 Å². The van der Waals surface area contributed by atoms with Gasteiger partial charge < -0.3 is 14.4 Å². The Kier molecular flexibility index (Phi) is 4.87. The number of rotatable bonds is 6. The maximum absolute atomic E-state index is 12.0. The number of halogens is 1. The minimum Gasteiger partial charge on any atom is -0.355 e. The fourth-order valence-corrected chi connectivity index (χ4v) is 2.37. The molecule has 0 aliphatic carbocycles. The number of amides is 1. The van der Waals surface area contributed by atoms with E-state index in [1.54, 1.807) is 18.6 Å². The molecule has 2 aromatic heterocycles. The highest BCUT2D eigenvalue weighted by Crippen LogP contribution is 2.22. The molecule has 0 bridgehead atoms. The largest absolute Gasteiger partial charge is 0.355 e. The van der Waals surface area contributed by atoms with Gasteiger partial charge in [0.2, 0.25) is 0 Å². The highest BCUT2D eigenvalue weighted by molar-refractivity contribution is 9.10. The number of aromatic nitrogens is 3. The van der Waals surface area contributed by atoms with Crippen molar-refractivity contribution in [3.05, 3.63) is 59.2 Å². The van der Waals surface area contributed by atoms with Gasteiger partial charge in [0.15, 0.2) is 11.5 Å². The van der Waals surface area contributed by atoms with Gasteiger partial charge in [-0.3, -0.25) is 4.79 Å². The Hall–Kier alpha value is -2.41. The molecule has 0 saturated heterocycles. The van der Waals surface area contributed by atoms with Gasteiger partial charge in [0, 0.05) is 41.6 Å². The summed E-state index contributed by atoms with van der Waals surface area (Å²) in [7, 11) is 0. The molecule has 6 nitrogen and oxygen atoms in total. The van der Waals surface area contributed by atoms with E-state index in [2.05, 4.69) is 31.4 Å². The number of hydrogen-bond donors (Lipinski definition) is 1. The highest BCUT2D eigenvalue weighted by atomic mass is 79.9. The van der Waals surface area contributed by atoms with E-state index in [-0.39, 0.29) is 11.6 Å². The molecule has 0 aliphatic heterocycles. The first-order valence-corrected chi connectivity index (χ1v) is 7.98. The molecule has 0 aliphatic rings. The molecule has 3 aromatic rings. The van der Waals surface area contributed by atoms with Gasteiger partial charge in [-0.05, 0) is 18.6 Å². The Balaban J connectivity index is 1.52. The number of carbonyl (C=O) groups is 1. The number of aryl methyl sites for hydroxylation is 1. The topological polar surface area (TPSA) is 73.0 Å². The number of nitrogens with one attached hydrogen (secondary N) is 1. The van der Waals surface area contributed by atoms with Gasteiger partial charge in [0.05, 0.1) is 6.33 Å². The van der Waals surface area contributed by atoms with Crippen molar-refractivity contribution in [1.29, 1.82) is 0 Å². The van der Waals surface area contributed by atoms with Crippen LogP contribution in [0.3, 0.4) is 0 Å². The number of carbonyl (C=O) groups excluding carboxylic acids is 1. The van der Waals surface area contributed by atoms with E-state index in [0.29, 0.717) is 12.3 Å². The van der Waals surface area contributed by atoms with Gasteiger partial charge in [-0.25, -0.2) is 4.98 Å². The molecular formula is C16H15BrN4O2. The summed E-state index contributed by atoms with van der Waals surface area (Å²) in [5.41, 5.74) is 1.16. The van der Waals surface area contributed by atoms with E-state index in [1.807, 2.05) is 35.0 Å². The average molecular weight is 375 g/mol. The zero-order chi connectivity index (χ0) is 16.1. The molecule has 7 heteroatoms. The Morgan fingerprint density at radius 3 is 2.87 bits per heavy atom. The van der Waals surface area contributed by atoms with Gasteiger partial charge in [0.1, 0.15) is 0 Å². The predicted octanol–water partition coefficient (Wildman–Crippen LogP) is 3.12. The third-order valence-electron chi connectivity index (χ3n) is 3.31. The van der Waals surface area contributed by atoms with Gasteiger partial charge in [0.25, 0.3) is 5.91 Å². The molecule has 0 atom stereocenters. The summed E-state index contributed by atoms with van der Waals surface area (Å²) in [6, 6.07) is 9.27. The first-order valence-electron chi connectivity index (χ1n) is 7.19. The van der Waals surface area contributed by atoms with Crippen LogP contribution in [0.2, 0.25) is 0 Å². The zero-order valence-corrected chi connectivity index (χ0v) is 13.9. The lowest BCUT2D eigenvalue weighted by Gasteiger charge is -2.03. The molecular weight excluding hydrogens is 360 g/mol. The van der Waals surface area contributed by atoms with Crippen LogP contribution >= 0.6 is 15.9 Å². The van der Waals surface area contributed by atoms with Crippen LogP contribution in [0.4, 0.5) is 0 Å². The van der Waals surface area contributed by atoms with Crippen molar-refractivity contribution in [2.24, 2.45) is 0 Å². The SMILES string of the molecule is O=C(NCCCn1ccnc1)c1cc(-c2ccc(Br)cc2)on1. The molecule has 2 heterocycles. The number of nitrogens with zero attached hydrogens (tertiary/aromatic N) is 3. The maximum Gasteiger partial charge on any atom is 0.273 e. The van der Waals surface area contributed by atoms with E-state index < -0.39 is 0 Å². The molecule has 0 fully saturated rings. The first-order chi connectivity index (χ1) is 11.2. The second-order valence-corrected chi connectivity index (χ2v) is 5.91. The maximum atomic E-state index is 12.0. The zero-order valence-electron chi connectivity index (χ0n) is 12.3. The van der Waals surface area contributed by atoms with Crippen LogP contribution in [0.15, 0.2) is 58.0 Å². The highest BCUT2D eigenvalue weighted by Gasteiger charge is 2.13. The van der Waals surface area contributed by atoms with Crippen molar-refractivity contribution in [3.63, 3.8) is 0 Å². The summed E-state index contributed by atoms with van der Waals surface area (Å²) >= 11 is 3.38. The number of benzene rings is 1. The van der Waals surface area contributed by atoms with E-state index in [0.717, 1.165) is 23.0 Å². The Morgan fingerprint density at radius 1 is 1.30 bits per heavy atom. The summed E-state index contributed by atoms with van der Waals surface area (Å²) < 4.78 is 8.19. The van der Waals surface area contributed by atoms with E-state index >= 15 is 0 Å². The lowest BCUT2D eigenvalue weighted by atomic mass is 10.1. The third kappa shape index (κ3) is 4.07. The second-order valence-electron chi connectivity index (χ2n) is 4.99. The summed E-state index contributed by atoms with van der Waals surface area (Å²) in [6.45, 7) is 1.38. The molecule has 0 unspecified atom stereocenters. The fourth-order valence-electron chi connectivity index (χ4n) is 2.11. The predicted molar refractivity (Wildman–Crippen MR) is 88.8 cm³/mol.